The Morgan fingerprint density at radius 2 is 1.52 bits per heavy atom. The molecule has 0 unspecified atom stereocenters. The minimum Gasteiger partial charge on any atom is -0.367 e. The van der Waals surface area contributed by atoms with Crippen molar-refractivity contribution in [1.82, 2.24) is 0 Å². The van der Waals surface area contributed by atoms with Gasteiger partial charge in [-0.3, -0.25) is 0 Å². The van der Waals surface area contributed by atoms with Crippen LogP contribution in [0.2, 0.25) is 0 Å². The van der Waals surface area contributed by atoms with Crippen molar-refractivity contribution < 1.29 is 0 Å². The van der Waals surface area contributed by atoms with Crippen LogP contribution in [0, 0.1) is 11.3 Å². The fourth-order valence-electron chi connectivity index (χ4n) is 3.00. The predicted molar refractivity (Wildman–Crippen MR) is 102 cm³/mol. The third-order valence-electron chi connectivity index (χ3n) is 3.80. The highest BCUT2D eigenvalue weighted by atomic mass is 15.1. The zero-order valence-corrected chi connectivity index (χ0v) is 15.3. The van der Waals surface area contributed by atoms with E-state index in [9.17, 15) is 0 Å². The van der Waals surface area contributed by atoms with E-state index < -0.39 is 0 Å². The van der Waals surface area contributed by atoms with Crippen LogP contribution in [0.15, 0.2) is 54.6 Å². The van der Waals surface area contributed by atoms with Crippen LogP contribution in [0.1, 0.15) is 45.7 Å². The van der Waals surface area contributed by atoms with E-state index in [1.807, 2.05) is 0 Å². The topological polar surface area (TPSA) is 3.24 Å². The van der Waals surface area contributed by atoms with E-state index >= 15 is 0 Å². The normalized spacial score (nSPS) is 11.7. The molecule has 0 saturated heterocycles. The summed E-state index contributed by atoms with van der Waals surface area (Å²) in [5.41, 5.74) is 4.42. The molecule has 1 heteroatoms. The van der Waals surface area contributed by atoms with Crippen LogP contribution >= 0.6 is 0 Å². The SMILES string of the molecule is CC(C)Cc1cccc(CN(CC(C)(C)C)c2ccccc2)c1. The summed E-state index contributed by atoms with van der Waals surface area (Å²) in [6, 6.07) is 19.8. The second-order valence-corrected chi connectivity index (χ2v) is 8.17. The number of para-hydroxylation sites is 1. The summed E-state index contributed by atoms with van der Waals surface area (Å²) in [4.78, 5) is 2.49. The highest BCUT2D eigenvalue weighted by Crippen LogP contribution is 2.24. The van der Waals surface area contributed by atoms with Crippen LogP contribution in [0.25, 0.3) is 0 Å². The fraction of sp³-hybridized carbons (Fsp3) is 0.455. The Balaban J connectivity index is 2.20. The van der Waals surface area contributed by atoms with Gasteiger partial charge in [0, 0.05) is 18.8 Å². The standard InChI is InChI=1S/C22H31N/c1-18(2)14-19-10-9-11-20(15-19)16-23(17-22(3,4)5)21-12-7-6-8-13-21/h6-13,15,18H,14,16-17H2,1-5H3. The fourth-order valence-corrected chi connectivity index (χ4v) is 3.00. The molecule has 124 valence electrons. The van der Waals surface area contributed by atoms with Crippen LogP contribution in [-0.2, 0) is 13.0 Å². The third-order valence-corrected chi connectivity index (χ3v) is 3.80. The van der Waals surface area contributed by atoms with E-state index in [0.29, 0.717) is 5.92 Å². The Hall–Kier alpha value is -1.76. The van der Waals surface area contributed by atoms with Crippen LogP contribution in [-0.4, -0.2) is 6.54 Å². The Morgan fingerprint density at radius 3 is 2.13 bits per heavy atom. The number of anilines is 1. The Morgan fingerprint density at radius 1 is 0.870 bits per heavy atom. The molecule has 0 aliphatic heterocycles. The number of benzene rings is 2. The first-order valence-electron chi connectivity index (χ1n) is 8.71. The van der Waals surface area contributed by atoms with Gasteiger partial charge in [-0.05, 0) is 41.0 Å². The molecule has 1 nitrogen and oxygen atoms in total. The number of hydrogen-bond donors (Lipinski definition) is 0. The van der Waals surface area contributed by atoms with Gasteiger partial charge in [0.25, 0.3) is 0 Å². The van der Waals surface area contributed by atoms with E-state index in [4.69, 9.17) is 0 Å². The summed E-state index contributed by atoms with van der Waals surface area (Å²) in [6.07, 6.45) is 1.15. The molecule has 2 rings (SSSR count). The average Bonchev–Trinajstić information content (AvgIpc) is 2.46. The summed E-state index contributed by atoms with van der Waals surface area (Å²) in [5, 5.41) is 0. The van der Waals surface area contributed by atoms with Crippen molar-refractivity contribution in [3.8, 4) is 0 Å². The average molecular weight is 309 g/mol. The maximum absolute atomic E-state index is 2.49. The second kappa shape index (κ2) is 7.68. The van der Waals surface area contributed by atoms with Crippen LogP contribution < -0.4 is 4.90 Å². The van der Waals surface area contributed by atoms with Crippen molar-refractivity contribution >= 4 is 5.69 Å². The highest BCUT2D eigenvalue weighted by Gasteiger charge is 2.17. The molecule has 0 amide bonds. The Bertz CT molecular complexity index is 593. The lowest BCUT2D eigenvalue weighted by Crippen LogP contribution is -2.32. The highest BCUT2D eigenvalue weighted by molar-refractivity contribution is 5.47. The van der Waals surface area contributed by atoms with Gasteiger partial charge in [0.15, 0.2) is 0 Å². The second-order valence-electron chi connectivity index (χ2n) is 8.17. The van der Waals surface area contributed by atoms with Crippen LogP contribution in [0.4, 0.5) is 5.69 Å². The molecule has 0 aliphatic rings. The molecule has 0 aromatic heterocycles. The molecule has 0 aliphatic carbocycles. The molecule has 2 aromatic rings. The van der Waals surface area contributed by atoms with Gasteiger partial charge >= 0.3 is 0 Å². The van der Waals surface area contributed by atoms with Crippen molar-refractivity contribution in [3.05, 3.63) is 65.7 Å². The monoisotopic (exact) mass is 309 g/mol. The molecule has 2 aromatic carbocycles. The van der Waals surface area contributed by atoms with Crippen molar-refractivity contribution in [3.63, 3.8) is 0 Å². The van der Waals surface area contributed by atoms with Crippen molar-refractivity contribution in [2.24, 2.45) is 11.3 Å². The third kappa shape index (κ3) is 6.09. The molecule has 0 N–H and O–H groups in total. The molecular formula is C22H31N. The first-order chi connectivity index (χ1) is 10.8. The van der Waals surface area contributed by atoms with Gasteiger partial charge in [-0.2, -0.15) is 0 Å². The molecule has 0 atom stereocenters. The van der Waals surface area contributed by atoms with Gasteiger partial charge in [-0.1, -0.05) is 77.1 Å². The Labute approximate surface area is 142 Å². The molecule has 0 bridgehead atoms. The quantitative estimate of drug-likeness (QED) is 0.638. The summed E-state index contributed by atoms with van der Waals surface area (Å²) < 4.78 is 0. The van der Waals surface area contributed by atoms with Gasteiger partial charge in [-0.15, -0.1) is 0 Å². The van der Waals surface area contributed by atoms with E-state index in [0.717, 1.165) is 19.5 Å². The first-order valence-corrected chi connectivity index (χ1v) is 8.71. The number of nitrogens with zero attached hydrogens (tertiary/aromatic N) is 1. The number of hydrogen-bond acceptors (Lipinski definition) is 1. The zero-order valence-electron chi connectivity index (χ0n) is 15.3. The van der Waals surface area contributed by atoms with Gasteiger partial charge in [-0.25, -0.2) is 0 Å². The Kier molecular flexibility index (Phi) is 5.87. The zero-order chi connectivity index (χ0) is 16.9. The van der Waals surface area contributed by atoms with Gasteiger partial charge in [0.1, 0.15) is 0 Å². The molecule has 0 spiro atoms. The first kappa shape index (κ1) is 17.6. The molecule has 0 saturated carbocycles. The summed E-state index contributed by atoms with van der Waals surface area (Å²) in [7, 11) is 0. The van der Waals surface area contributed by atoms with E-state index in [2.05, 4.69) is 94.1 Å². The minimum atomic E-state index is 0.269. The lowest BCUT2D eigenvalue weighted by Gasteiger charge is -2.32. The van der Waals surface area contributed by atoms with Crippen LogP contribution in [0.3, 0.4) is 0 Å². The molecule has 0 radical (unpaired) electrons. The maximum Gasteiger partial charge on any atom is 0.0429 e. The van der Waals surface area contributed by atoms with Gasteiger partial charge in [0.05, 0.1) is 0 Å². The lowest BCUT2D eigenvalue weighted by atomic mass is 9.95. The number of rotatable bonds is 6. The minimum absolute atomic E-state index is 0.269. The van der Waals surface area contributed by atoms with Gasteiger partial charge in [0.2, 0.25) is 0 Å². The van der Waals surface area contributed by atoms with E-state index in [-0.39, 0.29) is 5.41 Å². The smallest absolute Gasteiger partial charge is 0.0429 e. The molecule has 0 heterocycles. The summed E-state index contributed by atoms with van der Waals surface area (Å²) in [6.45, 7) is 13.5. The molecular weight excluding hydrogens is 278 g/mol. The maximum atomic E-state index is 2.49. The van der Waals surface area contributed by atoms with E-state index in [1.165, 1.54) is 16.8 Å². The molecule has 23 heavy (non-hydrogen) atoms. The summed E-state index contributed by atoms with van der Waals surface area (Å²) >= 11 is 0. The van der Waals surface area contributed by atoms with Crippen molar-refractivity contribution in [2.75, 3.05) is 11.4 Å². The molecule has 0 fully saturated rings. The predicted octanol–water partition coefficient (Wildman–Crippen LogP) is 5.94. The lowest BCUT2D eigenvalue weighted by molar-refractivity contribution is 0.409. The largest absolute Gasteiger partial charge is 0.367 e. The van der Waals surface area contributed by atoms with Crippen molar-refractivity contribution in [2.45, 2.75) is 47.6 Å². The van der Waals surface area contributed by atoms with E-state index in [1.54, 1.807) is 0 Å². The van der Waals surface area contributed by atoms with Gasteiger partial charge < -0.3 is 4.90 Å². The van der Waals surface area contributed by atoms with Crippen LogP contribution in [0.5, 0.6) is 0 Å². The summed E-state index contributed by atoms with van der Waals surface area (Å²) in [5.74, 6) is 0.699. The van der Waals surface area contributed by atoms with Crippen molar-refractivity contribution in [1.29, 1.82) is 0 Å².